The number of carbonyl (C=O) groups is 1. The molecular formula is C16H15Cl2N5O2S. The van der Waals surface area contributed by atoms with Gasteiger partial charge in [0.25, 0.3) is 0 Å². The lowest BCUT2D eigenvalue weighted by Gasteiger charge is -2.11. The van der Waals surface area contributed by atoms with Gasteiger partial charge in [0.05, 0.1) is 23.1 Å². The molecule has 0 unspecified atom stereocenters. The molecule has 1 aromatic carbocycles. The Kier molecular flexibility index (Phi) is 5.75. The Bertz CT molecular complexity index is 914. The first-order chi connectivity index (χ1) is 12.5. The third-order valence-electron chi connectivity index (χ3n) is 3.50. The minimum absolute atomic E-state index is 0.166. The number of amides is 1. The molecule has 2 heterocycles. The fourth-order valence-electron chi connectivity index (χ4n) is 2.15. The van der Waals surface area contributed by atoms with Crippen molar-refractivity contribution in [1.82, 2.24) is 20.2 Å². The second kappa shape index (κ2) is 8.03. The Balaban J connectivity index is 1.68. The molecule has 0 radical (unpaired) electrons. The predicted octanol–water partition coefficient (Wildman–Crippen LogP) is 3.36. The molecule has 0 bridgehead atoms. The van der Waals surface area contributed by atoms with Crippen molar-refractivity contribution in [3.05, 3.63) is 52.4 Å². The van der Waals surface area contributed by atoms with Crippen molar-refractivity contribution < 1.29 is 9.21 Å². The molecule has 0 aliphatic carbocycles. The molecule has 0 aliphatic heterocycles. The van der Waals surface area contributed by atoms with Crippen molar-refractivity contribution in [1.29, 1.82) is 0 Å². The first-order valence-corrected chi connectivity index (χ1v) is 9.22. The van der Waals surface area contributed by atoms with E-state index in [1.165, 1.54) is 16.4 Å². The molecule has 1 amide bonds. The van der Waals surface area contributed by atoms with Gasteiger partial charge in [0.1, 0.15) is 5.76 Å². The van der Waals surface area contributed by atoms with E-state index in [-0.39, 0.29) is 5.91 Å². The lowest BCUT2D eigenvalue weighted by molar-refractivity contribution is -0.120. The standard InChI is InChI=1S/C16H15Cl2N5O2S/c1-9(15(24)20-8-11-3-2-6-25-11)26-16-22-21-14(23(16)19)12-5-4-10(17)7-13(12)18/h2-7,9H,8,19H2,1H3,(H,20,24)/t9-/m1/s1. The van der Waals surface area contributed by atoms with Crippen molar-refractivity contribution in [3.8, 4) is 11.4 Å². The lowest BCUT2D eigenvalue weighted by Crippen LogP contribution is -2.30. The summed E-state index contributed by atoms with van der Waals surface area (Å²) in [6.07, 6.45) is 1.56. The highest BCUT2D eigenvalue weighted by Gasteiger charge is 2.21. The molecule has 1 atom stereocenters. The topological polar surface area (TPSA) is 99.0 Å². The monoisotopic (exact) mass is 411 g/mol. The number of halogens is 2. The van der Waals surface area contributed by atoms with Gasteiger partial charge in [-0.3, -0.25) is 4.79 Å². The molecule has 3 aromatic rings. The summed E-state index contributed by atoms with van der Waals surface area (Å²) < 4.78 is 6.48. The fourth-order valence-corrected chi connectivity index (χ4v) is 3.44. The van der Waals surface area contributed by atoms with Crippen LogP contribution in [0.1, 0.15) is 12.7 Å². The molecule has 0 saturated carbocycles. The maximum absolute atomic E-state index is 12.2. The second-order valence-electron chi connectivity index (χ2n) is 5.36. The van der Waals surface area contributed by atoms with Gasteiger partial charge >= 0.3 is 0 Å². The van der Waals surface area contributed by atoms with Crippen LogP contribution in [-0.4, -0.2) is 26.0 Å². The largest absolute Gasteiger partial charge is 0.467 e. The van der Waals surface area contributed by atoms with Gasteiger partial charge in [0.2, 0.25) is 11.1 Å². The summed E-state index contributed by atoms with van der Waals surface area (Å²) in [7, 11) is 0. The van der Waals surface area contributed by atoms with Crippen LogP contribution < -0.4 is 11.2 Å². The fraction of sp³-hybridized carbons (Fsp3) is 0.188. The zero-order chi connectivity index (χ0) is 18.7. The zero-order valence-electron chi connectivity index (χ0n) is 13.6. The van der Waals surface area contributed by atoms with Crippen LogP contribution in [0.15, 0.2) is 46.2 Å². The highest BCUT2D eigenvalue weighted by molar-refractivity contribution is 8.00. The quantitative estimate of drug-likeness (QED) is 0.476. The van der Waals surface area contributed by atoms with Crippen molar-refractivity contribution in [2.24, 2.45) is 0 Å². The predicted molar refractivity (Wildman–Crippen MR) is 102 cm³/mol. The third kappa shape index (κ3) is 4.14. The van der Waals surface area contributed by atoms with Gasteiger partial charge in [-0.2, -0.15) is 0 Å². The Morgan fingerprint density at radius 3 is 2.88 bits per heavy atom. The SMILES string of the molecule is C[C@@H](Sc1nnc(-c2ccc(Cl)cc2Cl)n1N)C(=O)NCc1ccco1. The Morgan fingerprint density at radius 1 is 1.38 bits per heavy atom. The summed E-state index contributed by atoms with van der Waals surface area (Å²) in [5.41, 5.74) is 0.604. The molecule has 0 aliphatic rings. The Morgan fingerprint density at radius 2 is 2.19 bits per heavy atom. The molecule has 0 spiro atoms. The zero-order valence-corrected chi connectivity index (χ0v) is 16.0. The van der Waals surface area contributed by atoms with Gasteiger partial charge in [-0.25, -0.2) is 4.68 Å². The van der Waals surface area contributed by atoms with E-state index in [1.807, 2.05) is 0 Å². The molecule has 26 heavy (non-hydrogen) atoms. The van der Waals surface area contributed by atoms with Crippen LogP contribution in [0, 0.1) is 0 Å². The number of aromatic nitrogens is 3. The smallest absolute Gasteiger partial charge is 0.233 e. The number of carbonyl (C=O) groups excluding carboxylic acids is 1. The molecule has 3 rings (SSSR count). The average molecular weight is 412 g/mol. The normalized spacial score (nSPS) is 12.1. The number of nitrogen functional groups attached to an aromatic ring is 1. The first kappa shape index (κ1) is 18.6. The van der Waals surface area contributed by atoms with Gasteiger partial charge in [-0.15, -0.1) is 10.2 Å². The van der Waals surface area contributed by atoms with Crippen molar-refractivity contribution in [2.75, 3.05) is 5.84 Å². The Labute approximate surface area is 163 Å². The van der Waals surface area contributed by atoms with Gasteiger partial charge in [-0.1, -0.05) is 35.0 Å². The van der Waals surface area contributed by atoms with Crippen LogP contribution in [0.2, 0.25) is 10.0 Å². The number of nitrogens with zero attached hydrogens (tertiary/aromatic N) is 3. The van der Waals surface area contributed by atoms with Crippen molar-refractivity contribution >= 4 is 40.9 Å². The summed E-state index contributed by atoms with van der Waals surface area (Å²) in [4.78, 5) is 12.2. The van der Waals surface area contributed by atoms with Gasteiger partial charge in [0, 0.05) is 10.6 Å². The van der Waals surface area contributed by atoms with Crippen LogP contribution in [0.4, 0.5) is 0 Å². The number of thioether (sulfide) groups is 1. The van der Waals surface area contributed by atoms with E-state index in [0.717, 1.165) is 0 Å². The number of benzene rings is 1. The minimum atomic E-state index is -0.426. The van der Waals surface area contributed by atoms with E-state index in [2.05, 4.69) is 15.5 Å². The van der Waals surface area contributed by atoms with Crippen LogP contribution in [0.25, 0.3) is 11.4 Å². The number of rotatable bonds is 6. The first-order valence-electron chi connectivity index (χ1n) is 7.58. The summed E-state index contributed by atoms with van der Waals surface area (Å²) in [6, 6.07) is 8.56. The Hall–Kier alpha value is -2.16. The van der Waals surface area contributed by atoms with Crippen LogP contribution in [-0.2, 0) is 11.3 Å². The summed E-state index contributed by atoms with van der Waals surface area (Å²) >= 11 is 13.3. The number of nitrogens with two attached hydrogens (primary N) is 1. The summed E-state index contributed by atoms with van der Waals surface area (Å²) in [5.74, 6) is 6.97. The van der Waals surface area contributed by atoms with E-state index in [4.69, 9.17) is 33.5 Å². The van der Waals surface area contributed by atoms with E-state index >= 15 is 0 Å². The van der Waals surface area contributed by atoms with Crippen LogP contribution in [0.5, 0.6) is 0 Å². The number of hydrogen-bond acceptors (Lipinski definition) is 6. The lowest BCUT2D eigenvalue weighted by atomic mass is 10.2. The molecule has 3 N–H and O–H groups in total. The van der Waals surface area contributed by atoms with E-state index in [9.17, 15) is 4.79 Å². The van der Waals surface area contributed by atoms with Gasteiger partial charge < -0.3 is 15.6 Å². The minimum Gasteiger partial charge on any atom is -0.467 e. The third-order valence-corrected chi connectivity index (χ3v) is 5.11. The van der Waals surface area contributed by atoms with E-state index < -0.39 is 5.25 Å². The maximum atomic E-state index is 12.2. The highest BCUT2D eigenvalue weighted by atomic mass is 35.5. The van der Waals surface area contributed by atoms with Crippen molar-refractivity contribution in [3.63, 3.8) is 0 Å². The van der Waals surface area contributed by atoms with Gasteiger partial charge in [0.15, 0.2) is 5.82 Å². The molecule has 0 saturated heterocycles. The molecular weight excluding hydrogens is 397 g/mol. The van der Waals surface area contributed by atoms with Crippen LogP contribution >= 0.6 is 35.0 Å². The van der Waals surface area contributed by atoms with E-state index in [1.54, 1.807) is 43.5 Å². The van der Waals surface area contributed by atoms with Crippen LogP contribution in [0.3, 0.4) is 0 Å². The molecule has 136 valence electrons. The van der Waals surface area contributed by atoms with Gasteiger partial charge in [-0.05, 0) is 37.3 Å². The average Bonchev–Trinajstić information content (AvgIpc) is 3.24. The number of nitrogens with one attached hydrogen (secondary N) is 1. The maximum Gasteiger partial charge on any atom is 0.233 e. The molecule has 10 heteroatoms. The van der Waals surface area contributed by atoms with Crippen molar-refractivity contribution in [2.45, 2.75) is 23.9 Å². The highest BCUT2D eigenvalue weighted by Crippen LogP contribution is 2.31. The van der Waals surface area contributed by atoms with E-state index in [0.29, 0.717) is 38.9 Å². The molecule has 0 fully saturated rings. The summed E-state index contributed by atoms with van der Waals surface area (Å²) in [5, 5.41) is 11.8. The number of hydrogen-bond donors (Lipinski definition) is 2. The number of furan rings is 1. The second-order valence-corrected chi connectivity index (χ2v) is 7.51. The molecule has 7 nitrogen and oxygen atoms in total. The molecule has 2 aromatic heterocycles. The summed E-state index contributed by atoms with van der Waals surface area (Å²) in [6.45, 7) is 2.07.